The molecule has 48 valence electrons. The highest BCUT2D eigenvalue weighted by Gasteiger charge is 2.09. The Balaban J connectivity index is 3.89. The van der Waals surface area contributed by atoms with Gasteiger partial charge in [0.2, 0.25) is 0 Å². The van der Waals surface area contributed by atoms with E-state index in [9.17, 15) is 0 Å². The molecule has 0 saturated heterocycles. The van der Waals surface area contributed by atoms with Crippen molar-refractivity contribution in [3.63, 3.8) is 0 Å². The van der Waals surface area contributed by atoms with Crippen molar-refractivity contribution in [2.75, 3.05) is 0 Å². The maximum Gasteiger partial charge on any atom is 0.174 e. The molecule has 0 aromatic carbocycles. The van der Waals surface area contributed by atoms with Gasteiger partial charge in [-0.1, -0.05) is 0 Å². The summed E-state index contributed by atoms with van der Waals surface area (Å²) in [6.45, 7) is 8.30. The minimum atomic E-state index is -1.26. The van der Waals surface area contributed by atoms with Crippen LogP contribution in [-0.2, 0) is 0 Å². The monoisotopic (exact) mass is 130 g/mol. The second-order valence-corrected chi connectivity index (χ2v) is 7.49. The molecule has 8 heavy (non-hydrogen) atoms. The van der Waals surface area contributed by atoms with Crippen molar-refractivity contribution < 1.29 is 0 Å². The average Bonchev–Trinajstić information content (AvgIpc) is 1.21. The second kappa shape index (κ2) is 2.30. The van der Waals surface area contributed by atoms with Crippen LogP contribution in [0.1, 0.15) is 6.92 Å². The molecule has 0 amide bonds. The van der Waals surface area contributed by atoms with Gasteiger partial charge in [-0.3, -0.25) is 0 Å². The van der Waals surface area contributed by atoms with Crippen LogP contribution < -0.4 is 5.73 Å². The SMILES string of the molecule is CC(N)=N[Si](C)(C)C. The summed E-state index contributed by atoms with van der Waals surface area (Å²) in [5.74, 6) is 0.712. The fourth-order valence-corrected chi connectivity index (χ4v) is 1.59. The van der Waals surface area contributed by atoms with E-state index < -0.39 is 8.24 Å². The third kappa shape index (κ3) is 5.69. The first-order valence-electron chi connectivity index (χ1n) is 2.74. The van der Waals surface area contributed by atoms with Crippen LogP contribution in [0.4, 0.5) is 0 Å². The largest absolute Gasteiger partial charge is 0.388 e. The smallest absolute Gasteiger partial charge is 0.174 e. The van der Waals surface area contributed by atoms with E-state index in [2.05, 4.69) is 24.3 Å². The van der Waals surface area contributed by atoms with E-state index in [0.29, 0.717) is 5.84 Å². The van der Waals surface area contributed by atoms with Gasteiger partial charge in [0.15, 0.2) is 8.24 Å². The quantitative estimate of drug-likeness (QED) is 0.323. The fourth-order valence-electron chi connectivity index (χ4n) is 0.529. The lowest BCUT2D eigenvalue weighted by atomic mass is 10.8. The Morgan fingerprint density at radius 1 is 1.38 bits per heavy atom. The van der Waals surface area contributed by atoms with Crippen LogP contribution >= 0.6 is 0 Å². The number of amidine groups is 1. The Kier molecular flexibility index (Phi) is 2.21. The highest BCUT2D eigenvalue weighted by molar-refractivity contribution is 6.75. The summed E-state index contributed by atoms with van der Waals surface area (Å²) < 4.78 is 4.24. The molecule has 2 N–H and O–H groups in total. The Morgan fingerprint density at radius 3 is 1.75 bits per heavy atom. The predicted molar refractivity (Wildman–Crippen MR) is 40.6 cm³/mol. The highest BCUT2D eigenvalue weighted by atomic mass is 28.3. The molecule has 0 aliphatic carbocycles. The van der Waals surface area contributed by atoms with Crippen molar-refractivity contribution in [2.45, 2.75) is 26.6 Å². The van der Waals surface area contributed by atoms with Crippen LogP contribution in [0, 0.1) is 0 Å². The zero-order valence-corrected chi connectivity index (χ0v) is 7.02. The summed E-state index contributed by atoms with van der Waals surface area (Å²) in [6, 6.07) is 0. The number of nitrogens with two attached hydrogens (primary N) is 1. The van der Waals surface area contributed by atoms with Crippen LogP contribution in [0.3, 0.4) is 0 Å². The number of hydrogen-bond donors (Lipinski definition) is 1. The lowest BCUT2D eigenvalue weighted by Gasteiger charge is -2.07. The molecule has 0 radical (unpaired) electrons. The van der Waals surface area contributed by atoms with E-state index in [0.717, 1.165) is 0 Å². The minimum absolute atomic E-state index is 0.712. The molecular weight excluding hydrogens is 116 g/mol. The standard InChI is InChI=1S/C5H14N2Si/c1-5(6)7-8(2,3)4/h1-4H3,(H2,6,7). The van der Waals surface area contributed by atoms with Crippen molar-refractivity contribution in [1.29, 1.82) is 0 Å². The Labute approximate surface area is 51.9 Å². The number of rotatable bonds is 1. The van der Waals surface area contributed by atoms with Gasteiger partial charge in [-0.15, -0.1) is 0 Å². The molecule has 0 aliphatic heterocycles. The Hall–Kier alpha value is -0.313. The lowest BCUT2D eigenvalue weighted by Crippen LogP contribution is -2.21. The summed E-state index contributed by atoms with van der Waals surface area (Å²) in [5, 5.41) is 0. The molecule has 0 heterocycles. The topological polar surface area (TPSA) is 38.4 Å². The highest BCUT2D eigenvalue weighted by Crippen LogP contribution is 2.00. The predicted octanol–water partition coefficient (Wildman–Crippen LogP) is 1.20. The number of hydrogen-bond acceptors (Lipinski definition) is 1. The maximum atomic E-state index is 5.36. The summed E-state index contributed by atoms with van der Waals surface area (Å²) >= 11 is 0. The molecule has 0 unspecified atom stereocenters. The van der Waals surface area contributed by atoms with Crippen LogP contribution in [0.5, 0.6) is 0 Å². The van der Waals surface area contributed by atoms with Crippen LogP contribution in [-0.4, -0.2) is 14.1 Å². The first-order valence-corrected chi connectivity index (χ1v) is 6.18. The van der Waals surface area contributed by atoms with Crippen LogP contribution in [0.15, 0.2) is 4.66 Å². The molecule has 2 nitrogen and oxygen atoms in total. The molecule has 0 saturated carbocycles. The number of nitrogens with zero attached hydrogens (tertiary/aromatic N) is 1. The van der Waals surface area contributed by atoms with Gasteiger partial charge in [0.05, 0.1) is 5.84 Å². The fraction of sp³-hybridized carbons (Fsp3) is 0.800. The van der Waals surface area contributed by atoms with Gasteiger partial charge in [-0.05, 0) is 26.6 Å². The van der Waals surface area contributed by atoms with Gasteiger partial charge in [0, 0.05) is 0 Å². The normalized spacial score (nSPS) is 14.2. The van der Waals surface area contributed by atoms with Gasteiger partial charge in [-0.25, -0.2) is 0 Å². The van der Waals surface area contributed by atoms with E-state index in [-0.39, 0.29) is 0 Å². The maximum absolute atomic E-state index is 5.36. The zero-order valence-electron chi connectivity index (χ0n) is 6.02. The minimum Gasteiger partial charge on any atom is -0.388 e. The van der Waals surface area contributed by atoms with Gasteiger partial charge < -0.3 is 10.4 Å². The molecule has 0 aliphatic rings. The second-order valence-electron chi connectivity index (χ2n) is 2.92. The van der Waals surface area contributed by atoms with Crippen molar-refractivity contribution in [1.82, 2.24) is 0 Å². The zero-order chi connectivity index (χ0) is 6.78. The average molecular weight is 130 g/mol. The Morgan fingerprint density at radius 2 is 1.75 bits per heavy atom. The first-order chi connectivity index (χ1) is 3.42. The van der Waals surface area contributed by atoms with E-state index in [1.807, 2.05) is 6.92 Å². The van der Waals surface area contributed by atoms with E-state index >= 15 is 0 Å². The van der Waals surface area contributed by atoms with Gasteiger partial charge >= 0.3 is 0 Å². The van der Waals surface area contributed by atoms with Gasteiger partial charge in [0.1, 0.15) is 0 Å². The van der Waals surface area contributed by atoms with Crippen molar-refractivity contribution in [3.8, 4) is 0 Å². The van der Waals surface area contributed by atoms with Crippen molar-refractivity contribution in [3.05, 3.63) is 0 Å². The van der Waals surface area contributed by atoms with Crippen molar-refractivity contribution >= 4 is 14.1 Å². The van der Waals surface area contributed by atoms with Gasteiger partial charge in [-0.2, -0.15) is 0 Å². The summed E-state index contributed by atoms with van der Waals surface area (Å²) in [5.41, 5.74) is 5.36. The molecular formula is C5H14N2Si. The molecule has 0 atom stereocenters. The Bertz CT molecular complexity index is 97.5. The first kappa shape index (κ1) is 7.69. The lowest BCUT2D eigenvalue weighted by molar-refractivity contribution is 1.48. The summed E-state index contributed by atoms with van der Waals surface area (Å²) in [4.78, 5) is 0. The summed E-state index contributed by atoms with van der Waals surface area (Å²) in [6.07, 6.45) is 0. The van der Waals surface area contributed by atoms with Crippen LogP contribution in [0.2, 0.25) is 19.6 Å². The third-order valence-corrected chi connectivity index (χ3v) is 1.54. The molecule has 0 rings (SSSR count). The van der Waals surface area contributed by atoms with E-state index in [1.54, 1.807) is 0 Å². The van der Waals surface area contributed by atoms with E-state index in [4.69, 9.17) is 5.73 Å². The van der Waals surface area contributed by atoms with Gasteiger partial charge in [0.25, 0.3) is 0 Å². The molecule has 0 aromatic heterocycles. The summed E-state index contributed by atoms with van der Waals surface area (Å²) in [7, 11) is -1.26. The molecule has 0 bridgehead atoms. The molecule has 0 spiro atoms. The molecule has 0 fully saturated rings. The van der Waals surface area contributed by atoms with E-state index in [1.165, 1.54) is 0 Å². The van der Waals surface area contributed by atoms with Crippen LogP contribution in [0.25, 0.3) is 0 Å². The van der Waals surface area contributed by atoms with Crippen molar-refractivity contribution in [2.24, 2.45) is 10.4 Å². The molecule has 0 aromatic rings. The molecule has 3 heteroatoms. The third-order valence-electron chi connectivity index (χ3n) is 0.512.